The minimum Gasteiger partial charge on any atom is -0.725 e. The van der Waals surface area contributed by atoms with Crippen LogP contribution in [0.1, 0.15) is 12.8 Å². The van der Waals surface area contributed by atoms with Gasteiger partial charge in [0.25, 0.3) is 0 Å². The molecule has 7 heteroatoms. The van der Waals surface area contributed by atoms with Crippen LogP contribution in [-0.4, -0.2) is 30.4 Å². The summed E-state index contributed by atoms with van der Waals surface area (Å²) >= 11 is 0.589. The Hall–Kier alpha value is 0.180. The molecule has 0 fully saturated rings. The molecule has 0 aliphatic carbocycles. The molecule has 1 N–H and O–H groups in total. The smallest absolute Gasteiger partial charge is 0.228 e. The first-order valence-corrected chi connectivity index (χ1v) is 5.18. The number of aliphatic hydroxyl groups is 1. The van der Waals surface area contributed by atoms with Gasteiger partial charge in [0.05, 0.1) is 0 Å². The van der Waals surface area contributed by atoms with Gasteiger partial charge in [-0.1, -0.05) is 0 Å². The SMILES string of the molecule is O=S(=O)([O-])OSCCCCO. The highest BCUT2D eigenvalue weighted by molar-refractivity contribution is 8.02. The lowest BCUT2D eigenvalue weighted by atomic mass is 10.4. The predicted molar refractivity (Wildman–Crippen MR) is 39.6 cm³/mol. The number of hydrogen-bond acceptors (Lipinski definition) is 6. The van der Waals surface area contributed by atoms with Crippen molar-refractivity contribution in [2.75, 3.05) is 12.4 Å². The number of rotatable bonds is 6. The first kappa shape index (κ1) is 11.2. The van der Waals surface area contributed by atoms with Crippen LogP contribution in [0.5, 0.6) is 0 Å². The second kappa shape index (κ2) is 5.78. The molecule has 0 aromatic rings. The molecule has 0 unspecified atom stereocenters. The zero-order chi connectivity index (χ0) is 8.74. The summed E-state index contributed by atoms with van der Waals surface area (Å²) < 4.78 is 33.3. The largest absolute Gasteiger partial charge is 0.725 e. The van der Waals surface area contributed by atoms with E-state index in [1.54, 1.807) is 0 Å². The van der Waals surface area contributed by atoms with Crippen molar-refractivity contribution in [2.45, 2.75) is 12.8 Å². The molecule has 0 amide bonds. The van der Waals surface area contributed by atoms with Gasteiger partial charge in [0.1, 0.15) is 0 Å². The minimum absolute atomic E-state index is 0.0602. The highest BCUT2D eigenvalue weighted by Crippen LogP contribution is 2.08. The van der Waals surface area contributed by atoms with Gasteiger partial charge in [-0.25, -0.2) is 12.0 Å². The second-order valence-electron chi connectivity index (χ2n) is 1.73. The standard InChI is InChI=1S/C4H10O5S2/c5-3-1-2-4-10-9-11(6,7)8/h5H,1-4H2,(H,6,7,8)/p-1. The third-order valence-corrected chi connectivity index (χ3v) is 2.27. The molecule has 0 aromatic carbocycles. The van der Waals surface area contributed by atoms with E-state index >= 15 is 0 Å². The van der Waals surface area contributed by atoms with Gasteiger partial charge < -0.3 is 9.66 Å². The van der Waals surface area contributed by atoms with E-state index in [4.69, 9.17) is 5.11 Å². The maximum absolute atomic E-state index is 9.82. The van der Waals surface area contributed by atoms with Crippen LogP contribution < -0.4 is 0 Å². The summed E-state index contributed by atoms with van der Waals surface area (Å²) in [6, 6.07) is 0. The van der Waals surface area contributed by atoms with Gasteiger partial charge in [0.2, 0.25) is 10.4 Å². The fraction of sp³-hybridized carbons (Fsp3) is 1.00. The van der Waals surface area contributed by atoms with E-state index in [2.05, 4.69) is 3.63 Å². The summed E-state index contributed by atoms with van der Waals surface area (Å²) in [5, 5.41) is 8.30. The quantitative estimate of drug-likeness (QED) is 0.279. The van der Waals surface area contributed by atoms with Crippen molar-refractivity contribution in [1.82, 2.24) is 0 Å². The van der Waals surface area contributed by atoms with E-state index < -0.39 is 10.4 Å². The van der Waals surface area contributed by atoms with Gasteiger partial charge >= 0.3 is 0 Å². The van der Waals surface area contributed by atoms with E-state index in [9.17, 15) is 13.0 Å². The monoisotopic (exact) mass is 201 g/mol. The molecule has 0 aliphatic rings. The maximum Gasteiger partial charge on any atom is 0.228 e. The van der Waals surface area contributed by atoms with Gasteiger partial charge in [-0.3, -0.25) is 0 Å². The van der Waals surface area contributed by atoms with Crippen LogP contribution in [0.25, 0.3) is 0 Å². The Morgan fingerprint density at radius 3 is 2.55 bits per heavy atom. The average molecular weight is 201 g/mol. The Bertz CT molecular complexity index is 175. The summed E-state index contributed by atoms with van der Waals surface area (Å²) in [4.78, 5) is 0. The fourth-order valence-corrected chi connectivity index (χ4v) is 1.43. The molecule has 11 heavy (non-hydrogen) atoms. The molecule has 0 rings (SSSR count). The molecule has 0 heterocycles. The van der Waals surface area contributed by atoms with Crippen molar-refractivity contribution in [3.63, 3.8) is 0 Å². The normalized spacial score (nSPS) is 11.8. The average Bonchev–Trinajstić information content (AvgIpc) is 1.85. The molecular formula is C4H9O5S2-. The van der Waals surface area contributed by atoms with Crippen LogP contribution in [0.4, 0.5) is 0 Å². The molecule has 0 bridgehead atoms. The van der Waals surface area contributed by atoms with E-state index in [0.717, 1.165) is 0 Å². The van der Waals surface area contributed by atoms with Gasteiger partial charge in [0, 0.05) is 24.4 Å². The van der Waals surface area contributed by atoms with E-state index in [1.165, 1.54) is 0 Å². The van der Waals surface area contributed by atoms with Crippen molar-refractivity contribution < 1.29 is 21.7 Å². The van der Waals surface area contributed by atoms with Crippen LogP contribution >= 0.6 is 12.0 Å². The molecular weight excluding hydrogens is 192 g/mol. The van der Waals surface area contributed by atoms with Crippen molar-refractivity contribution in [3.05, 3.63) is 0 Å². The minimum atomic E-state index is -4.56. The van der Waals surface area contributed by atoms with Gasteiger partial charge in [-0.05, 0) is 12.8 Å². The van der Waals surface area contributed by atoms with E-state index in [1.807, 2.05) is 0 Å². The number of aliphatic hydroxyl groups excluding tert-OH is 1. The Labute approximate surface area is 69.9 Å². The Morgan fingerprint density at radius 2 is 2.09 bits per heavy atom. The fourth-order valence-electron chi connectivity index (χ4n) is 0.366. The summed E-state index contributed by atoms with van der Waals surface area (Å²) in [5.41, 5.74) is 0. The van der Waals surface area contributed by atoms with Gasteiger partial charge in [-0.2, -0.15) is 0 Å². The molecule has 0 aromatic heterocycles. The first-order chi connectivity index (χ1) is 5.06. The highest BCUT2D eigenvalue weighted by atomic mass is 32.3. The van der Waals surface area contributed by atoms with Crippen LogP contribution in [0.2, 0.25) is 0 Å². The van der Waals surface area contributed by atoms with Crippen LogP contribution in [0.3, 0.4) is 0 Å². The first-order valence-electron chi connectivity index (χ1n) is 2.94. The van der Waals surface area contributed by atoms with E-state index in [0.29, 0.717) is 30.6 Å². The lowest BCUT2D eigenvalue weighted by molar-refractivity contribution is 0.287. The zero-order valence-corrected chi connectivity index (χ0v) is 7.36. The van der Waals surface area contributed by atoms with Crippen LogP contribution in [0.15, 0.2) is 0 Å². The molecule has 5 nitrogen and oxygen atoms in total. The third-order valence-electron chi connectivity index (χ3n) is 0.767. The Kier molecular flexibility index (Phi) is 5.88. The van der Waals surface area contributed by atoms with Crippen molar-refractivity contribution in [2.24, 2.45) is 0 Å². The summed E-state index contributed by atoms with van der Waals surface area (Å²) in [6.45, 7) is 0.0602. The summed E-state index contributed by atoms with van der Waals surface area (Å²) in [6.07, 6.45) is 1.20. The predicted octanol–water partition coefficient (Wildman–Crippen LogP) is -0.116. The molecule has 0 spiro atoms. The summed E-state index contributed by atoms with van der Waals surface area (Å²) in [7, 11) is -4.56. The van der Waals surface area contributed by atoms with E-state index in [-0.39, 0.29) is 6.61 Å². The van der Waals surface area contributed by atoms with Crippen molar-refractivity contribution >= 4 is 22.4 Å². The van der Waals surface area contributed by atoms with Crippen LogP contribution in [-0.2, 0) is 14.0 Å². The number of hydrogen-bond donors (Lipinski definition) is 1. The Morgan fingerprint density at radius 1 is 1.45 bits per heavy atom. The molecule has 0 aliphatic heterocycles. The number of unbranched alkanes of at least 4 members (excludes halogenated alkanes) is 1. The van der Waals surface area contributed by atoms with Gasteiger partial charge in [0.15, 0.2) is 0 Å². The zero-order valence-electron chi connectivity index (χ0n) is 5.73. The molecule has 0 saturated heterocycles. The third kappa shape index (κ3) is 10.2. The molecule has 68 valence electrons. The van der Waals surface area contributed by atoms with Crippen molar-refractivity contribution in [3.8, 4) is 0 Å². The molecule has 0 radical (unpaired) electrons. The maximum atomic E-state index is 9.82. The van der Waals surface area contributed by atoms with Crippen molar-refractivity contribution in [1.29, 1.82) is 0 Å². The highest BCUT2D eigenvalue weighted by Gasteiger charge is 1.94. The summed E-state index contributed by atoms with van der Waals surface area (Å²) in [5.74, 6) is 0.391. The van der Waals surface area contributed by atoms with Crippen LogP contribution in [0, 0.1) is 0 Å². The Balaban J connectivity index is 3.16. The second-order valence-corrected chi connectivity index (χ2v) is 3.73. The lowest BCUT2D eigenvalue weighted by Gasteiger charge is -2.04. The lowest BCUT2D eigenvalue weighted by Crippen LogP contribution is -1.98. The molecule has 0 saturated carbocycles. The molecule has 0 atom stereocenters. The van der Waals surface area contributed by atoms with Gasteiger partial charge in [-0.15, -0.1) is 0 Å². The topological polar surface area (TPSA) is 86.7 Å².